The van der Waals surface area contributed by atoms with Gasteiger partial charge in [0.05, 0.1) is 78.7 Å². The van der Waals surface area contributed by atoms with Crippen LogP contribution < -0.4 is 0 Å². The molecule has 17 nitrogen and oxygen atoms in total. The summed E-state index contributed by atoms with van der Waals surface area (Å²) in [5, 5.41) is 22.3. The Morgan fingerprint density at radius 2 is 1.05 bits per heavy atom. The lowest BCUT2D eigenvalue weighted by molar-refractivity contribution is -0.349. The number of carbonyl (C=O) groups excluding carboxylic acids is 1. The molecule has 9 aliphatic rings. The number of aliphatic hydroxyl groups is 2. The smallest absolute Gasteiger partial charge is 0.172 e. The molecule has 6 aliphatic heterocycles. The van der Waals surface area contributed by atoms with Gasteiger partial charge in [0.1, 0.15) is 30.2 Å². The number of rotatable bonds is 12. The first-order chi connectivity index (χ1) is 31.4. The number of aliphatic hydroxyl groups excluding tert-OH is 2. The molecule has 1 spiro atoms. The summed E-state index contributed by atoms with van der Waals surface area (Å²) in [6.07, 6.45) is -2.23. The van der Waals surface area contributed by atoms with E-state index in [1.807, 2.05) is 20.8 Å². The second-order valence-electron chi connectivity index (χ2n) is 21.7. The second kappa shape index (κ2) is 19.6. The molecule has 9 fully saturated rings. The molecule has 26 atom stereocenters. The van der Waals surface area contributed by atoms with E-state index >= 15 is 0 Å². The molecule has 9 rings (SSSR count). The minimum atomic E-state index is -0.739. The third-order valence-electron chi connectivity index (χ3n) is 18.1. The van der Waals surface area contributed by atoms with E-state index in [0.717, 1.165) is 25.7 Å². The largest absolute Gasteiger partial charge is 0.390 e. The average Bonchev–Trinajstić information content (AvgIpc) is 3.80. The van der Waals surface area contributed by atoms with E-state index in [-0.39, 0.29) is 47.8 Å². The highest BCUT2D eigenvalue weighted by atomic mass is 16.8. The maximum Gasteiger partial charge on any atom is 0.172 e. The number of fused-ring (bicyclic) bond motifs is 5. The van der Waals surface area contributed by atoms with E-state index in [1.165, 1.54) is 0 Å². The molecule has 6 saturated heterocycles. The van der Waals surface area contributed by atoms with Crippen LogP contribution in [0.25, 0.3) is 0 Å². The number of ether oxygens (including phenoxy) is 14. The zero-order valence-corrected chi connectivity index (χ0v) is 41.1. The van der Waals surface area contributed by atoms with Crippen LogP contribution in [0.3, 0.4) is 0 Å². The molecule has 6 heterocycles. The van der Waals surface area contributed by atoms with Gasteiger partial charge in [0.2, 0.25) is 0 Å². The van der Waals surface area contributed by atoms with E-state index in [0.29, 0.717) is 56.6 Å². The van der Waals surface area contributed by atoms with Crippen LogP contribution in [-0.2, 0) is 71.1 Å². The van der Waals surface area contributed by atoms with Crippen LogP contribution in [0.15, 0.2) is 0 Å². The lowest BCUT2D eigenvalue weighted by Crippen LogP contribution is -2.60. The molecule has 17 heteroatoms. The summed E-state index contributed by atoms with van der Waals surface area (Å²) in [7, 11) is 6.55. The van der Waals surface area contributed by atoms with Crippen LogP contribution in [0.5, 0.6) is 0 Å². The van der Waals surface area contributed by atoms with Crippen LogP contribution in [-0.4, -0.2) is 173 Å². The Balaban J connectivity index is 0.775. The van der Waals surface area contributed by atoms with Crippen LogP contribution in [0.1, 0.15) is 119 Å². The van der Waals surface area contributed by atoms with Gasteiger partial charge in [-0.2, -0.15) is 0 Å². The van der Waals surface area contributed by atoms with Gasteiger partial charge >= 0.3 is 0 Å². The summed E-state index contributed by atoms with van der Waals surface area (Å²) < 4.78 is 89.0. The van der Waals surface area contributed by atoms with E-state index < -0.39 is 104 Å². The SMILES string of the molecule is CO[C@H]1C[C@H](O[C@@H]2[C@@H](C)O[C@@H](O[C@@H]3[C@@H](C)O[C@@H](O[C@@H]4C[C@@H]5CC[C@@]67O[C@@H](C)[C@@H]8CCC(=O)[C@]8(C)[C@@H](C[C@@H]6[C@@]5(C)C[C@H]4O)O7)C[C@H]3OC)C[C@H]2OC)O[C@H](C)[C@H]1O[C@H]1C[C@@H](OC)[C@H](O)[C@@H](C)O1. The number of hydrogen-bond acceptors (Lipinski definition) is 17. The highest BCUT2D eigenvalue weighted by Gasteiger charge is 2.71. The second-order valence-corrected chi connectivity index (χ2v) is 21.7. The van der Waals surface area contributed by atoms with Crippen molar-refractivity contribution in [1.29, 1.82) is 0 Å². The van der Waals surface area contributed by atoms with Crippen LogP contribution >= 0.6 is 0 Å². The Labute approximate surface area is 391 Å². The van der Waals surface area contributed by atoms with E-state index in [1.54, 1.807) is 35.4 Å². The monoisotopic (exact) mass is 941 g/mol. The van der Waals surface area contributed by atoms with Gasteiger partial charge in [-0.05, 0) is 85.0 Å². The fourth-order valence-electron chi connectivity index (χ4n) is 14.4. The van der Waals surface area contributed by atoms with Gasteiger partial charge in [-0.3, -0.25) is 4.79 Å². The van der Waals surface area contributed by atoms with Crippen LogP contribution in [0.2, 0.25) is 0 Å². The van der Waals surface area contributed by atoms with E-state index in [9.17, 15) is 15.0 Å². The Kier molecular flexibility index (Phi) is 14.8. The van der Waals surface area contributed by atoms with Gasteiger partial charge in [0.15, 0.2) is 30.9 Å². The molecule has 0 aromatic heterocycles. The number of ketones is 1. The first-order valence-electron chi connectivity index (χ1n) is 25.0. The molecule has 0 amide bonds. The summed E-state index contributed by atoms with van der Waals surface area (Å²) in [5.74, 6) is 0.129. The Morgan fingerprint density at radius 1 is 0.561 bits per heavy atom. The van der Waals surface area contributed by atoms with Gasteiger partial charge in [-0.25, -0.2) is 0 Å². The minimum Gasteiger partial charge on any atom is -0.390 e. The molecule has 0 aromatic carbocycles. The van der Waals surface area contributed by atoms with Crippen molar-refractivity contribution in [2.24, 2.45) is 28.6 Å². The topological polar surface area (TPSA) is 187 Å². The summed E-state index contributed by atoms with van der Waals surface area (Å²) >= 11 is 0. The fourth-order valence-corrected chi connectivity index (χ4v) is 14.4. The fraction of sp³-hybridized carbons (Fsp3) is 0.980. The van der Waals surface area contributed by atoms with Crippen LogP contribution in [0.4, 0.5) is 0 Å². The van der Waals surface area contributed by atoms with Gasteiger partial charge < -0.3 is 76.5 Å². The van der Waals surface area contributed by atoms with Crippen molar-refractivity contribution in [3.63, 3.8) is 0 Å². The molecular formula is C49H80O17. The van der Waals surface area contributed by atoms with Crippen LogP contribution in [0, 0.1) is 28.6 Å². The molecule has 2 N–H and O–H groups in total. The van der Waals surface area contributed by atoms with Crippen molar-refractivity contribution < 1.29 is 81.3 Å². The predicted octanol–water partition coefficient (Wildman–Crippen LogP) is 4.56. The predicted molar refractivity (Wildman–Crippen MR) is 233 cm³/mol. The van der Waals surface area contributed by atoms with E-state index in [4.69, 9.17) is 66.3 Å². The zero-order valence-electron chi connectivity index (χ0n) is 41.1. The molecule has 66 heavy (non-hydrogen) atoms. The first kappa shape index (κ1) is 50.0. The quantitative estimate of drug-likeness (QED) is 0.259. The van der Waals surface area contributed by atoms with Crippen molar-refractivity contribution in [2.75, 3.05) is 28.4 Å². The van der Waals surface area contributed by atoms with Gasteiger partial charge in [0, 0.05) is 78.8 Å². The summed E-state index contributed by atoms with van der Waals surface area (Å²) in [4.78, 5) is 13.4. The van der Waals surface area contributed by atoms with Crippen molar-refractivity contribution in [3.05, 3.63) is 0 Å². The highest BCUT2D eigenvalue weighted by molar-refractivity contribution is 5.88. The number of methoxy groups -OCH3 is 4. The average molecular weight is 941 g/mol. The highest BCUT2D eigenvalue weighted by Crippen LogP contribution is 2.67. The molecule has 3 aliphatic carbocycles. The molecule has 0 unspecified atom stereocenters. The zero-order chi connectivity index (χ0) is 47.0. The van der Waals surface area contributed by atoms with Gasteiger partial charge in [-0.1, -0.05) is 6.92 Å². The Hall–Kier alpha value is -0.970. The molecular weight excluding hydrogens is 861 g/mol. The number of carbonyl (C=O) groups is 1. The summed E-state index contributed by atoms with van der Waals surface area (Å²) in [6, 6.07) is 0. The third-order valence-corrected chi connectivity index (χ3v) is 18.1. The molecule has 2 bridgehead atoms. The van der Waals surface area contributed by atoms with Gasteiger partial charge in [-0.15, -0.1) is 0 Å². The van der Waals surface area contributed by atoms with Crippen molar-refractivity contribution in [2.45, 2.75) is 248 Å². The molecule has 3 saturated carbocycles. The number of hydrogen-bond donors (Lipinski definition) is 2. The van der Waals surface area contributed by atoms with Crippen molar-refractivity contribution in [1.82, 2.24) is 0 Å². The summed E-state index contributed by atoms with van der Waals surface area (Å²) in [6.45, 7) is 14.2. The molecule has 378 valence electrons. The third kappa shape index (κ3) is 8.90. The van der Waals surface area contributed by atoms with Crippen molar-refractivity contribution >= 4 is 5.78 Å². The standard InChI is InChI=1S/C49H80O17/c1-23-29-12-13-37(51)48(29,7)38-21-36-47(6)22-30(50)31(16-28(47)14-15-49(36,65-23)66-38)61-39-18-33(54-9)44(25(3)58-39)63-41-20-35(56-11)46(27(5)60-41)64-42-19-34(55-10)45(26(4)59-42)62-40-17-32(53-8)43(52)24(2)57-40/h23-36,38-46,50,52H,12-22H2,1-11H3/t23-,24+,25+,26+,27+,28-,29-,30+,31+,32+,33+,34-,35+,36+,38+,39-,40-,41-,42-,43+,44+,45+,46+,47-,48+,49-/m0/s1. The summed E-state index contributed by atoms with van der Waals surface area (Å²) in [5.41, 5.74) is -0.764. The Bertz CT molecular complexity index is 1670. The lowest BCUT2D eigenvalue weighted by Gasteiger charge is -2.58. The maximum absolute atomic E-state index is 13.4. The van der Waals surface area contributed by atoms with Crippen molar-refractivity contribution in [3.8, 4) is 0 Å². The Morgan fingerprint density at radius 3 is 1.56 bits per heavy atom. The van der Waals surface area contributed by atoms with Gasteiger partial charge in [0.25, 0.3) is 0 Å². The first-order valence-corrected chi connectivity index (χ1v) is 25.0. The molecule has 0 aromatic rings. The lowest BCUT2D eigenvalue weighted by atomic mass is 9.51. The van der Waals surface area contributed by atoms with E-state index in [2.05, 4.69) is 20.8 Å². The number of Topliss-reactive ketones (excluding diaryl/α,β-unsaturated/α-hetero) is 1. The molecule has 0 radical (unpaired) electrons. The minimum absolute atomic E-state index is 0.0618. The maximum atomic E-state index is 13.4. The normalized spacial score (nSPS) is 55.2.